The standard InChI is InChI=1S/C8H15NO/c1-2-8(9)7-4-3-5-10-6-7/h6,8H,2-5,9H2,1H3. The predicted molar refractivity (Wildman–Crippen MR) is 41.5 cm³/mol. The fourth-order valence-corrected chi connectivity index (χ4v) is 1.12. The Balaban J connectivity index is 2.44. The van der Waals surface area contributed by atoms with Crippen LogP contribution in [0.25, 0.3) is 0 Å². The number of hydrogen-bond acceptors (Lipinski definition) is 2. The van der Waals surface area contributed by atoms with E-state index in [1.54, 1.807) is 0 Å². The van der Waals surface area contributed by atoms with Gasteiger partial charge in [-0.25, -0.2) is 0 Å². The van der Waals surface area contributed by atoms with Gasteiger partial charge in [0.2, 0.25) is 0 Å². The van der Waals surface area contributed by atoms with Crippen molar-refractivity contribution in [1.29, 1.82) is 0 Å². The molecule has 0 aromatic rings. The molecule has 0 spiro atoms. The normalized spacial score (nSPS) is 21.2. The molecule has 0 fully saturated rings. The van der Waals surface area contributed by atoms with Gasteiger partial charge in [-0.15, -0.1) is 0 Å². The van der Waals surface area contributed by atoms with Crippen LogP contribution in [0.4, 0.5) is 0 Å². The molecule has 1 heterocycles. The second-order valence-electron chi connectivity index (χ2n) is 2.68. The van der Waals surface area contributed by atoms with Gasteiger partial charge in [0.05, 0.1) is 12.9 Å². The summed E-state index contributed by atoms with van der Waals surface area (Å²) in [5.41, 5.74) is 7.07. The van der Waals surface area contributed by atoms with Gasteiger partial charge in [-0.3, -0.25) is 0 Å². The Kier molecular flexibility index (Phi) is 2.75. The molecule has 0 amide bonds. The van der Waals surface area contributed by atoms with Gasteiger partial charge in [0.1, 0.15) is 0 Å². The average Bonchev–Trinajstić information content (AvgIpc) is 2.05. The molecular weight excluding hydrogens is 126 g/mol. The van der Waals surface area contributed by atoms with Gasteiger partial charge >= 0.3 is 0 Å². The molecule has 0 bridgehead atoms. The van der Waals surface area contributed by atoms with Crippen LogP contribution in [0, 0.1) is 0 Å². The van der Waals surface area contributed by atoms with Gasteiger partial charge in [-0.2, -0.15) is 0 Å². The topological polar surface area (TPSA) is 35.2 Å². The van der Waals surface area contributed by atoms with E-state index in [1.807, 2.05) is 6.26 Å². The van der Waals surface area contributed by atoms with Crippen LogP contribution in [0.5, 0.6) is 0 Å². The van der Waals surface area contributed by atoms with E-state index in [1.165, 1.54) is 5.57 Å². The Hall–Kier alpha value is -0.500. The summed E-state index contributed by atoms with van der Waals surface area (Å²) >= 11 is 0. The van der Waals surface area contributed by atoms with Gasteiger partial charge in [-0.1, -0.05) is 6.92 Å². The third-order valence-corrected chi connectivity index (χ3v) is 1.88. The predicted octanol–water partition coefficient (Wildman–Crippen LogP) is 1.42. The van der Waals surface area contributed by atoms with Crippen molar-refractivity contribution in [3.63, 3.8) is 0 Å². The van der Waals surface area contributed by atoms with E-state index in [2.05, 4.69) is 6.92 Å². The van der Waals surface area contributed by atoms with Crippen LogP contribution >= 0.6 is 0 Å². The highest BCUT2D eigenvalue weighted by atomic mass is 16.5. The summed E-state index contributed by atoms with van der Waals surface area (Å²) in [5.74, 6) is 0. The molecule has 1 unspecified atom stereocenters. The van der Waals surface area contributed by atoms with Gasteiger partial charge in [-0.05, 0) is 24.8 Å². The van der Waals surface area contributed by atoms with E-state index in [0.29, 0.717) is 0 Å². The summed E-state index contributed by atoms with van der Waals surface area (Å²) in [6, 6.07) is 0.222. The van der Waals surface area contributed by atoms with E-state index in [-0.39, 0.29) is 6.04 Å². The lowest BCUT2D eigenvalue weighted by molar-refractivity contribution is 0.221. The minimum absolute atomic E-state index is 0.222. The largest absolute Gasteiger partial charge is 0.501 e. The molecule has 0 radical (unpaired) electrons. The first-order chi connectivity index (χ1) is 4.84. The van der Waals surface area contributed by atoms with Crippen LogP contribution in [0.2, 0.25) is 0 Å². The third-order valence-electron chi connectivity index (χ3n) is 1.88. The van der Waals surface area contributed by atoms with Gasteiger partial charge in [0, 0.05) is 6.04 Å². The molecular formula is C8H15NO. The quantitative estimate of drug-likeness (QED) is 0.631. The highest BCUT2D eigenvalue weighted by Crippen LogP contribution is 2.15. The van der Waals surface area contributed by atoms with Crippen molar-refractivity contribution in [3.8, 4) is 0 Å². The minimum atomic E-state index is 0.222. The lowest BCUT2D eigenvalue weighted by atomic mass is 10.0. The second-order valence-corrected chi connectivity index (χ2v) is 2.68. The van der Waals surface area contributed by atoms with Crippen LogP contribution in [0.15, 0.2) is 11.8 Å². The van der Waals surface area contributed by atoms with Gasteiger partial charge < -0.3 is 10.5 Å². The van der Waals surface area contributed by atoms with Crippen LogP contribution in [-0.2, 0) is 4.74 Å². The molecule has 0 saturated heterocycles. The maximum absolute atomic E-state index is 5.80. The fraction of sp³-hybridized carbons (Fsp3) is 0.750. The Morgan fingerprint density at radius 3 is 3.10 bits per heavy atom. The Morgan fingerprint density at radius 2 is 2.60 bits per heavy atom. The number of rotatable bonds is 2. The average molecular weight is 141 g/mol. The first-order valence-electron chi connectivity index (χ1n) is 3.90. The van der Waals surface area contributed by atoms with E-state index >= 15 is 0 Å². The molecule has 2 nitrogen and oxygen atoms in total. The van der Waals surface area contributed by atoms with Crippen molar-refractivity contribution < 1.29 is 4.74 Å². The Labute approximate surface area is 62.1 Å². The lowest BCUT2D eigenvalue weighted by Crippen LogP contribution is -2.23. The summed E-state index contributed by atoms with van der Waals surface area (Å²) < 4.78 is 5.16. The zero-order valence-corrected chi connectivity index (χ0v) is 6.47. The van der Waals surface area contributed by atoms with E-state index in [4.69, 9.17) is 10.5 Å². The molecule has 58 valence electrons. The molecule has 0 aromatic carbocycles. The zero-order valence-electron chi connectivity index (χ0n) is 6.47. The van der Waals surface area contributed by atoms with Crippen LogP contribution in [0.1, 0.15) is 26.2 Å². The van der Waals surface area contributed by atoms with Crippen LogP contribution in [-0.4, -0.2) is 12.6 Å². The second kappa shape index (κ2) is 3.62. The molecule has 1 aliphatic heterocycles. The molecule has 0 saturated carbocycles. The fourth-order valence-electron chi connectivity index (χ4n) is 1.12. The third kappa shape index (κ3) is 1.74. The SMILES string of the molecule is CCC(N)C1=COCCC1. The molecule has 2 N–H and O–H groups in total. The van der Waals surface area contributed by atoms with E-state index in [9.17, 15) is 0 Å². The van der Waals surface area contributed by atoms with Crippen molar-refractivity contribution in [2.45, 2.75) is 32.2 Å². The zero-order chi connectivity index (χ0) is 7.40. The number of nitrogens with two attached hydrogens (primary N) is 1. The van der Waals surface area contributed by atoms with Crippen LogP contribution < -0.4 is 5.73 Å². The summed E-state index contributed by atoms with van der Waals surface area (Å²) in [4.78, 5) is 0. The number of hydrogen-bond donors (Lipinski definition) is 1. The van der Waals surface area contributed by atoms with Crippen molar-refractivity contribution in [1.82, 2.24) is 0 Å². The molecule has 2 heteroatoms. The monoisotopic (exact) mass is 141 g/mol. The van der Waals surface area contributed by atoms with Crippen molar-refractivity contribution >= 4 is 0 Å². The van der Waals surface area contributed by atoms with Crippen molar-refractivity contribution in [3.05, 3.63) is 11.8 Å². The smallest absolute Gasteiger partial charge is 0.0876 e. The molecule has 1 rings (SSSR count). The summed E-state index contributed by atoms with van der Waals surface area (Å²) in [6.45, 7) is 2.96. The molecule has 0 aromatic heterocycles. The highest BCUT2D eigenvalue weighted by molar-refractivity contribution is 5.08. The first kappa shape index (κ1) is 7.61. The Bertz CT molecular complexity index is 131. The summed E-state index contributed by atoms with van der Waals surface area (Å²) in [5, 5.41) is 0. The minimum Gasteiger partial charge on any atom is -0.501 e. The van der Waals surface area contributed by atoms with E-state index < -0.39 is 0 Å². The van der Waals surface area contributed by atoms with Gasteiger partial charge in [0.15, 0.2) is 0 Å². The van der Waals surface area contributed by atoms with E-state index in [0.717, 1.165) is 25.9 Å². The lowest BCUT2D eigenvalue weighted by Gasteiger charge is -2.17. The van der Waals surface area contributed by atoms with Crippen molar-refractivity contribution in [2.24, 2.45) is 5.73 Å². The van der Waals surface area contributed by atoms with Gasteiger partial charge in [0.25, 0.3) is 0 Å². The Morgan fingerprint density at radius 1 is 1.80 bits per heavy atom. The summed E-state index contributed by atoms with van der Waals surface area (Å²) in [6.07, 6.45) is 5.08. The van der Waals surface area contributed by atoms with Crippen LogP contribution in [0.3, 0.4) is 0 Å². The molecule has 0 aliphatic carbocycles. The molecule has 1 atom stereocenters. The highest BCUT2D eigenvalue weighted by Gasteiger charge is 2.09. The maximum Gasteiger partial charge on any atom is 0.0876 e. The number of ether oxygens (including phenoxy) is 1. The van der Waals surface area contributed by atoms with Crippen molar-refractivity contribution in [2.75, 3.05) is 6.61 Å². The summed E-state index contributed by atoms with van der Waals surface area (Å²) in [7, 11) is 0. The molecule has 1 aliphatic rings. The molecule has 10 heavy (non-hydrogen) atoms. The maximum atomic E-state index is 5.80. The first-order valence-corrected chi connectivity index (χ1v) is 3.90.